The maximum Gasteiger partial charge on any atom is 0.0795 e. The third-order valence-electron chi connectivity index (χ3n) is 2.38. The highest BCUT2D eigenvalue weighted by Crippen LogP contribution is 2.11. The lowest BCUT2D eigenvalue weighted by Crippen LogP contribution is -2.25. The van der Waals surface area contributed by atoms with Crippen LogP contribution in [0.2, 0.25) is 0 Å². The summed E-state index contributed by atoms with van der Waals surface area (Å²) in [6, 6.07) is 7.26. The van der Waals surface area contributed by atoms with Gasteiger partial charge in [-0.15, -0.1) is 0 Å². The van der Waals surface area contributed by atoms with Crippen molar-refractivity contribution in [1.82, 2.24) is 0 Å². The van der Waals surface area contributed by atoms with Gasteiger partial charge >= 0.3 is 0 Å². The van der Waals surface area contributed by atoms with Crippen LogP contribution in [0.25, 0.3) is 0 Å². The molecule has 0 aromatic heterocycles. The van der Waals surface area contributed by atoms with Crippen LogP contribution >= 0.6 is 0 Å². The lowest BCUT2D eigenvalue weighted by molar-refractivity contribution is 0.0490. The van der Waals surface area contributed by atoms with Crippen molar-refractivity contribution in [2.24, 2.45) is 0 Å². The van der Waals surface area contributed by atoms with E-state index in [2.05, 4.69) is 0 Å². The lowest BCUT2D eigenvalue weighted by atomic mass is 10.2. The van der Waals surface area contributed by atoms with Gasteiger partial charge in [-0.1, -0.05) is 17.7 Å². The summed E-state index contributed by atoms with van der Waals surface area (Å²) < 4.78 is 11.8. The zero-order valence-corrected chi connectivity index (χ0v) is 10.6. The van der Waals surface area contributed by atoms with Crippen molar-refractivity contribution in [3.63, 3.8) is 0 Å². The van der Waals surface area contributed by atoms with Crippen LogP contribution in [0.15, 0.2) is 29.2 Å². The minimum atomic E-state index is -1.28. The van der Waals surface area contributed by atoms with Crippen LogP contribution in [0.1, 0.15) is 12.0 Å². The molecule has 1 aromatic rings. The summed E-state index contributed by atoms with van der Waals surface area (Å²) in [4.78, 5) is 0.660. The van der Waals surface area contributed by atoms with E-state index in [1.807, 2.05) is 19.1 Å². The molecule has 1 aromatic carbocycles. The highest BCUT2D eigenvalue weighted by Gasteiger charge is 2.15. The summed E-state index contributed by atoms with van der Waals surface area (Å²) in [5, 5.41) is 27.3. The largest absolute Gasteiger partial charge is 0.394 e. The Kier molecular flexibility index (Phi) is 5.77. The van der Waals surface area contributed by atoms with Gasteiger partial charge in [0.15, 0.2) is 0 Å². The fourth-order valence-electron chi connectivity index (χ4n) is 1.42. The van der Waals surface area contributed by atoms with E-state index in [4.69, 9.17) is 10.2 Å². The van der Waals surface area contributed by atoms with Crippen LogP contribution in [0, 0.1) is 6.92 Å². The van der Waals surface area contributed by atoms with Crippen molar-refractivity contribution in [2.75, 3.05) is 12.4 Å². The van der Waals surface area contributed by atoms with Crippen molar-refractivity contribution in [2.45, 2.75) is 30.4 Å². The molecule has 96 valence electrons. The molecule has 4 nitrogen and oxygen atoms in total. The fraction of sp³-hybridized carbons (Fsp3) is 0.500. The molecule has 17 heavy (non-hydrogen) atoms. The number of aliphatic hydroxyl groups excluding tert-OH is 3. The van der Waals surface area contributed by atoms with Crippen molar-refractivity contribution < 1.29 is 19.5 Å². The Hall–Kier alpha value is -0.750. The molecule has 0 spiro atoms. The molecule has 0 bridgehead atoms. The first-order chi connectivity index (χ1) is 8.02. The molecule has 0 amide bonds. The third kappa shape index (κ3) is 4.95. The number of hydrogen-bond acceptors (Lipinski definition) is 4. The highest BCUT2D eigenvalue weighted by molar-refractivity contribution is 7.85. The standard InChI is InChI=1S/C12H18O4S/c1-9-2-4-12(5-3-9)17(16)8-11(15)6-10(14)7-13/h2-5,10-11,13-15H,6-8H2,1H3/t10-,11+,17?/m0/s1. The smallest absolute Gasteiger partial charge is 0.0795 e. The summed E-state index contributed by atoms with van der Waals surface area (Å²) in [5.41, 5.74) is 1.09. The van der Waals surface area contributed by atoms with Crippen LogP contribution in [0.5, 0.6) is 0 Å². The zero-order valence-electron chi connectivity index (χ0n) is 9.74. The van der Waals surface area contributed by atoms with Crippen LogP contribution in [0.3, 0.4) is 0 Å². The normalized spacial score (nSPS) is 16.5. The van der Waals surface area contributed by atoms with E-state index < -0.39 is 29.6 Å². The van der Waals surface area contributed by atoms with E-state index in [1.165, 1.54) is 0 Å². The Morgan fingerprint density at radius 2 is 1.76 bits per heavy atom. The van der Waals surface area contributed by atoms with Crippen LogP contribution < -0.4 is 0 Å². The molecule has 0 heterocycles. The first-order valence-corrected chi connectivity index (χ1v) is 6.77. The second kappa shape index (κ2) is 6.86. The minimum absolute atomic E-state index is 0.0358. The van der Waals surface area contributed by atoms with Crippen LogP contribution in [-0.2, 0) is 10.8 Å². The molecule has 3 N–H and O–H groups in total. The Labute approximate surface area is 103 Å². The molecular formula is C12H18O4S. The molecule has 5 heteroatoms. The predicted octanol–water partition coefficient (Wildman–Crippen LogP) is 0.207. The van der Waals surface area contributed by atoms with Crippen molar-refractivity contribution in [1.29, 1.82) is 0 Å². The lowest BCUT2D eigenvalue weighted by Gasteiger charge is -2.13. The maximum absolute atomic E-state index is 11.8. The van der Waals surface area contributed by atoms with Gasteiger partial charge in [0, 0.05) is 11.3 Å². The fourth-order valence-corrected chi connectivity index (χ4v) is 2.54. The van der Waals surface area contributed by atoms with Crippen LogP contribution in [-0.4, -0.2) is 44.1 Å². The topological polar surface area (TPSA) is 77.8 Å². The number of aliphatic hydroxyl groups is 3. The number of hydrogen-bond donors (Lipinski definition) is 3. The molecule has 0 saturated heterocycles. The van der Waals surface area contributed by atoms with Gasteiger partial charge in [0.05, 0.1) is 35.4 Å². The number of rotatable bonds is 6. The molecular weight excluding hydrogens is 240 g/mol. The molecule has 0 saturated carbocycles. The molecule has 0 radical (unpaired) electrons. The molecule has 1 unspecified atom stereocenters. The zero-order chi connectivity index (χ0) is 12.8. The van der Waals surface area contributed by atoms with E-state index >= 15 is 0 Å². The maximum atomic E-state index is 11.8. The summed E-state index contributed by atoms with van der Waals surface area (Å²) in [6.45, 7) is 1.55. The van der Waals surface area contributed by atoms with Gasteiger partial charge in [-0.3, -0.25) is 4.21 Å². The van der Waals surface area contributed by atoms with E-state index in [1.54, 1.807) is 12.1 Å². The summed E-state index contributed by atoms with van der Waals surface area (Å²) in [7, 11) is -1.28. The Bertz CT molecular complexity index is 363. The van der Waals surface area contributed by atoms with Gasteiger partial charge in [-0.05, 0) is 19.1 Å². The Morgan fingerprint density at radius 3 is 2.29 bits per heavy atom. The third-order valence-corrected chi connectivity index (χ3v) is 3.87. The van der Waals surface area contributed by atoms with Gasteiger partial charge in [-0.2, -0.15) is 0 Å². The van der Waals surface area contributed by atoms with Crippen molar-refractivity contribution in [3.05, 3.63) is 29.8 Å². The number of aryl methyl sites for hydroxylation is 1. The van der Waals surface area contributed by atoms with Crippen molar-refractivity contribution in [3.8, 4) is 0 Å². The van der Waals surface area contributed by atoms with Gasteiger partial charge in [0.25, 0.3) is 0 Å². The average Bonchev–Trinajstić information content (AvgIpc) is 2.29. The Morgan fingerprint density at radius 1 is 1.18 bits per heavy atom. The summed E-state index contributed by atoms with van der Waals surface area (Å²) >= 11 is 0. The van der Waals surface area contributed by atoms with E-state index in [-0.39, 0.29) is 12.2 Å². The van der Waals surface area contributed by atoms with Crippen molar-refractivity contribution >= 4 is 10.8 Å². The highest BCUT2D eigenvalue weighted by atomic mass is 32.2. The monoisotopic (exact) mass is 258 g/mol. The minimum Gasteiger partial charge on any atom is -0.394 e. The second-order valence-corrected chi connectivity index (χ2v) is 5.55. The van der Waals surface area contributed by atoms with E-state index in [0.29, 0.717) is 4.90 Å². The quantitative estimate of drug-likeness (QED) is 0.681. The first kappa shape index (κ1) is 14.3. The Balaban J connectivity index is 2.51. The second-order valence-electron chi connectivity index (χ2n) is 4.05. The SMILES string of the molecule is Cc1ccc(S(=O)C[C@H](O)C[C@H](O)CO)cc1. The molecule has 1 rings (SSSR count). The molecule has 0 fully saturated rings. The molecule has 0 aliphatic carbocycles. The van der Waals surface area contributed by atoms with Gasteiger partial charge in [0.2, 0.25) is 0 Å². The number of benzene rings is 1. The first-order valence-electron chi connectivity index (χ1n) is 5.45. The van der Waals surface area contributed by atoms with Gasteiger partial charge < -0.3 is 15.3 Å². The van der Waals surface area contributed by atoms with Gasteiger partial charge in [-0.25, -0.2) is 0 Å². The van der Waals surface area contributed by atoms with Gasteiger partial charge in [0.1, 0.15) is 0 Å². The summed E-state index contributed by atoms with van der Waals surface area (Å²) in [6.07, 6.45) is -1.80. The van der Waals surface area contributed by atoms with Crippen LogP contribution in [0.4, 0.5) is 0 Å². The predicted molar refractivity (Wildman–Crippen MR) is 66.2 cm³/mol. The average molecular weight is 258 g/mol. The summed E-state index contributed by atoms with van der Waals surface area (Å²) in [5.74, 6) is 0.0696. The molecule has 3 atom stereocenters. The molecule has 0 aliphatic rings. The van der Waals surface area contributed by atoms with E-state index in [0.717, 1.165) is 5.56 Å². The van der Waals surface area contributed by atoms with E-state index in [9.17, 15) is 9.32 Å². The molecule has 0 aliphatic heterocycles.